The molecule has 3 aliphatic rings. The first kappa shape index (κ1) is 23.8. The van der Waals surface area contributed by atoms with Gasteiger partial charge in [-0.25, -0.2) is 13.3 Å². The van der Waals surface area contributed by atoms with Crippen LogP contribution in [0.3, 0.4) is 0 Å². The highest BCUT2D eigenvalue weighted by Gasteiger charge is 2.43. The number of sulfonamides is 1. The van der Waals surface area contributed by atoms with Crippen LogP contribution >= 0.6 is 0 Å². The number of carbonyl (C=O) groups excluding carboxylic acids is 2. The average Bonchev–Trinajstić information content (AvgIpc) is 3.53. The molecule has 1 atom stereocenters. The number of ether oxygens (including phenoxy) is 1. The molecule has 0 aromatic heterocycles. The second-order valence-corrected chi connectivity index (χ2v) is 11.1. The molecule has 2 aromatic carbocycles. The zero-order valence-corrected chi connectivity index (χ0v) is 20.6. The summed E-state index contributed by atoms with van der Waals surface area (Å²) in [7, 11) is -1.85. The summed E-state index contributed by atoms with van der Waals surface area (Å²) in [5.41, 5.74) is 1.52. The highest BCUT2D eigenvalue weighted by molar-refractivity contribution is 7.89. The van der Waals surface area contributed by atoms with E-state index in [0.29, 0.717) is 55.6 Å². The summed E-state index contributed by atoms with van der Waals surface area (Å²) in [5.74, 6) is 0.287. The maximum absolute atomic E-state index is 13.1. The summed E-state index contributed by atoms with van der Waals surface area (Å²) in [5, 5.41) is 0. The Morgan fingerprint density at radius 2 is 1.40 bits per heavy atom. The summed E-state index contributed by atoms with van der Waals surface area (Å²) >= 11 is 0. The van der Waals surface area contributed by atoms with Crippen molar-refractivity contribution < 1.29 is 22.7 Å². The molecular formula is C25H30N4O5S. The number of hydrogen-bond acceptors (Lipinski definition) is 7. The predicted octanol–water partition coefficient (Wildman–Crippen LogP) is 1.93. The largest absolute Gasteiger partial charge is 0.497 e. The molecule has 0 bridgehead atoms. The van der Waals surface area contributed by atoms with Gasteiger partial charge in [-0.1, -0.05) is 0 Å². The van der Waals surface area contributed by atoms with Gasteiger partial charge < -0.3 is 9.64 Å². The first-order valence-corrected chi connectivity index (χ1v) is 13.4. The van der Waals surface area contributed by atoms with Crippen LogP contribution in [0, 0.1) is 0 Å². The molecule has 3 saturated heterocycles. The van der Waals surface area contributed by atoms with Crippen molar-refractivity contribution in [2.24, 2.45) is 0 Å². The van der Waals surface area contributed by atoms with Crippen LogP contribution in [-0.4, -0.2) is 81.9 Å². The van der Waals surface area contributed by atoms with Gasteiger partial charge in [0.1, 0.15) is 5.75 Å². The van der Waals surface area contributed by atoms with Gasteiger partial charge in [-0.3, -0.25) is 14.5 Å². The number of piperazine rings is 1. The fourth-order valence-corrected chi connectivity index (χ4v) is 6.62. The van der Waals surface area contributed by atoms with Gasteiger partial charge in [0.15, 0.2) is 0 Å². The zero-order chi connectivity index (χ0) is 24.6. The van der Waals surface area contributed by atoms with Gasteiger partial charge in [0, 0.05) is 45.0 Å². The van der Waals surface area contributed by atoms with Crippen LogP contribution in [-0.2, 0) is 19.6 Å². The Labute approximate surface area is 205 Å². The van der Waals surface area contributed by atoms with E-state index in [1.807, 2.05) is 12.1 Å². The second kappa shape index (κ2) is 9.60. The fourth-order valence-electron chi connectivity index (χ4n) is 5.10. The van der Waals surface area contributed by atoms with Crippen LogP contribution < -0.4 is 14.5 Å². The standard InChI is InChI=1S/C25H30N4O5S/c1-34-21-8-4-20(5-9-21)29-24(30)18-23(25(29)31)27-16-14-26(15-17-27)19-6-10-22(11-7-19)35(32,33)28-12-2-3-13-28/h4-11,23H,2-3,12-18H2,1H3/t23-/m0/s1. The molecule has 2 amide bonds. The highest BCUT2D eigenvalue weighted by Crippen LogP contribution is 2.29. The van der Waals surface area contributed by atoms with Crippen molar-refractivity contribution in [3.8, 4) is 5.75 Å². The number of imide groups is 1. The molecule has 2 aromatic rings. The maximum atomic E-state index is 13.1. The normalized spacial score (nSPS) is 22.3. The van der Waals surface area contributed by atoms with Gasteiger partial charge in [-0.05, 0) is 61.4 Å². The van der Waals surface area contributed by atoms with Gasteiger partial charge in [0.25, 0.3) is 5.91 Å². The summed E-state index contributed by atoms with van der Waals surface area (Å²) in [6, 6.07) is 13.5. The quantitative estimate of drug-likeness (QED) is 0.562. The number of anilines is 2. The fraction of sp³-hybridized carbons (Fsp3) is 0.440. The molecular weight excluding hydrogens is 468 g/mol. The SMILES string of the molecule is COc1ccc(N2C(=O)C[C@H](N3CCN(c4ccc(S(=O)(=O)N5CCCC5)cc4)CC3)C2=O)cc1. The molecule has 3 aliphatic heterocycles. The van der Waals surface area contributed by atoms with Crippen molar-refractivity contribution in [3.05, 3.63) is 48.5 Å². The predicted molar refractivity (Wildman–Crippen MR) is 132 cm³/mol. The third-order valence-electron chi connectivity index (χ3n) is 7.11. The smallest absolute Gasteiger partial charge is 0.251 e. The summed E-state index contributed by atoms with van der Waals surface area (Å²) in [6.07, 6.45) is 2.00. The minimum Gasteiger partial charge on any atom is -0.497 e. The summed E-state index contributed by atoms with van der Waals surface area (Å²) in [4.78, 5) is 31.7. The molecule has 0 spiro atoms. The maximum Gasteiger partial charge on any atom is 0.251 e. The Morgan fingerprint density at radius 1 is 0.800 bits per heavy atom. The molecule has 10 heteroatoms. The summed E-state index contributed by atoms with van der Waals surface area (Å²) < 4.78 is 32.2. The number of carbonyl (C=O) groups is 2. The third kappa shape index (κ3) is 4.53. The van der Waals surface area contributed by atoms with Crippen molar-refractivity contribution in [3.63, 3.8) is 0 Å². The molecule has 3 heterocycles. The Balaban J connectivity index is 1.21. The Hall–Kier alpha value is -2.95. The van der Waals surface area contributed by atoms with Crippen molar-refractivity contribution >= 4 is 33.2 Å². The lowest BCUT2D eigenvalue weighted by Crippen LogP contribution is -2.52. The first-order chi connectivity index (χ1) is 16.9. The molecule has 9 nitrogen and oxygen atoms in total. The molecule has 5 rings (SSSR count). The minimum absolute atomic E-state index is 0.175. The molecule has 3 fully saturated rings. The van der Waals surface area contributed by atoms with Gasteiger partial charge in [0.2, 0.25) is 15.9 Å². The van der Waals surface area contributed by atoms with Crippen molar-refractivity contribution in [2.45, 2.75) is 30.2 Å². The van der Waals surface area contributed by atoms with E-state index < -0.39 is 16.1 Å². The topological polar surface area (TPSA) is 90.5 Å². The van der Waals surface area contributed by atoms with Crippen molar-refractivity contribution in [1.29, 1.82) is 0 Å². The van der Waals surface area contributed by atoms with Crippen LogP contribution in [0.2, 0.25) is 0 Å². The number of rotatable bonds is 6. The van der Waals surface area contributed by atoms with E-state index in [1.165, 1.54) is 4.90 Å². The monoisotopic (exact) mass is 498 g/mol. The van der Waals surface area contributed by atoms with Crippen LogP contribution in [0.4, 0.5) is 11.4 Å². The van der Waals surface area contributed by atoms with E-state index in [2.05, 4.69) is 9.80 Å². The Kier molecular flexibility index (Phi) is 6.52. The van der Waals surface area contributed by atoms with Crippen molar-refractivity contribution in [1.82, 2.24) is 9.21 Å². The molecule has 35 heavy (non-hydrogen) atoms. The van der Waals surface area contributed by atoms with Gasteiger partial charge in [0.05, 0.1) is 30.2 Å². The highest BCUT2D eigenvalue weighted by atomic mass is 32.2. The van der Waals surface area contributed by atoms with Crippen LogP contribution in [0.15, 0.2) is 53.4 Å². The molecule has 0 N–H and O–H groups in total. The average molecular weight is 499 g/mol. The van der Waals surface area contributed by atoms with Crippen LogP contribution in [0.1, 0.15) is 19.3 Å². The van der Waals surface area contributed by atoms with E-state index in [-0.39, 0.29) is 18.2 Å². The van der Waals surface area contributed by atoms with E-state index in [1.54, 1.807) is 47.8 Å². The molecule has 0 aliphatic carbocycles. The first-order valence-electron chi connectivity index (χ1n) is 12.0. The zero-order valence-electron chi connectivity index (χ0n) is 19.8. The van der Waals surface area contributed by atoms with Crippen LogP contribution in [0.5, 0.6) is 5.75 Å². The van der Waals surface area contributed by atoms with E-state index in [0.717, 1.165) is 18.5 Å². The second-order valence-electron chi connectivity index (χ2n) is 9.11. The van der Waals surface area contributed by atoms with Gasteiger partial charge in [-0.15, -0.1) is 0 Å². The number of amides is 2. The lowest BCUT2D eigenvalue weighted by molar-refractivity contribution is -0.123. The number of nitrogens with zero attached hydrogens (tertiary/aromatic N) is 4. The minimum atomic E-state index is -3.42. The number of methoxy groups -OCH3 is 1. The van der Waals surface area contributed by atoms with E-state index in [9.17, 15) is 18.0 Å². The number of benzene rings is 2. The Morgan fingerprint density at radius 3 is 2.00 bits per heavy atom. The lowest BCUT2D eigenvalue weighted by atomic mass is 10.1. The van der Waals surface area contributed by atoms with E-state index in [4.69, 9.17) is 4.74 Å². The summed E-state index contributed by atoms with van der Waals surface area (Å²) in [6.45, 7) is 3.86. The van der Waals surface area contributed by atoms with Gasteiger partial charge >= 0.3 is 0 Å². The third-order valence-corrected chi connectivity index (χ3v) is 9.03. The molecule has 186 valence electrons. The van der Waals surface area contributed by atoms with E-state index >= 15 is 0 Å². The van der Waals surface area contributed by atoms with Crippen LogP contribution in [0.25, 0.3) is 0 Å². The number of hydrogen-bond donors (Lipinski definition) is 0. The lowest BCUT2D eigenvalue weighted by Gasteiger charge is -2.38. The Bertz CT molecular complexity index is 1190. The van der Waals surface area contributed by atoms with Gasteiger partial charge in [-0.2, -0.15) is 4.31 Å². The molecule has 0 unspecified atom stereocenters. The molecule has 0 saturated carbocycles. The van der Waals surface area contributed by atoms with Crippen molar-refractivity contribution in [2.75, 3.05) is 56.2 Å². The molecule has 0 radical (unpaired) electrons.